The van der Waals surface area contributed by atoms with Crippen LogP contribution in [0.4, 0.5) is 11.4 Å². The molecule has 3 nitrogen and oxygen atoms in total. The molecule has 6 aliphatic rings. The molecular weight excluding hydrogens is 743 g/mol. The molecule has 0 amide bonds. The number of anilines is 2. The Morgan fingerprint density at radius 2 is 1.18 bits per heavy atom. The summed E-state index contributed by atoms with van der Waals surface area (Å²) in [6.45, 7) is 2.49. The Hall–Kier alpha value is -7.10. The molecule has 0 aromatic heterocycles. The fourth-order valence-electron chi connectivity index (χ4n) is 12.4. The molecule has 1 aliphatic heterocycles. The lowest BCUT2D eigenvalue weighted by molar-refractivity contribution is -0.0122. The van der Waals surface area contributed by atoms with Crippen molar-refractivity contribution in [1.29, 1.82) is 0 Å². The van der Waals surface area contributed by atoms with Crippen molar-refractivity contribution in [2.45, 2.75) is 30.5 Å². The highest BCUT2D eigenvalue weighted by Crippen LogP contribution is 2.78. The number of nitrogens with zero attached hydrogens (tertiary/aromatic N) is 1. The third-order valence-corrected chi connectivity index (χ3v) is 14.8. The molecule has 5 aliphatic carbocycles. The molecule has 61 heavy (non-hydrogen) atoms. The highest BCUT2D eigenvalue weighted by Gasteiger charge is 2.72. The minimum Gasteiger partial charge on any atom is -0.478 e. The van der Waals surface area contributed by atoms with E-state index in [2.05, 4.69) is 224 Å². The Kier molecular flexibility index (Phi) is 7.37. The normalized spacial score (nSPS) is 24.7. The first-order valence-electron chi connectivity index (χ1n) is 21.7. The first-order chi connectivity index (χ1) is 30.1. The van der Waals surface area contributed by atoms with Gasteiger partial charge in [0, 0.05) is 11.3 Å². The van der Waals surface area contributed by atoms with Gasteiger partial charge in [-0.2, -0.15) is 0 Å². The van der Waals surface area contributed by atoms with Gasteiger partial charge >= 0.3 is 0 Å². The van der Waals surface area contributed by atoms with Gasteiger partial charge in [-0.3, -0.25) is 0 Å². The molecule has 1 heterocycles. The van der Waals surface area contributed by atoms with E-state index in [1.165, 1.54) is 38.9 Å². The molecule has 5 unspecified atom stereocenters. The van der Waals surface area contributed by atoms with Gasteiger partial charge in [-0.25, -0.2) is 0 Å². The van der Waals surface area contributed by atoms with Crippen molar-refractivity contribution in [3.63, 3.8) is 0 Å². The summed E-state index contributed by atoms with van der Waals surface area (Å²) >= 11 is 0. The number of rotatable bonds is 5. The Labute approximate surface area is 357 Å². The van der Waals surface area contributed by atoms with Gasteiger partial charge in [0.15, 0.2) is 23.7 Å². The van der Waals surface area contributed by atoms with Crippen LogP contribution in [0, 0.1) is 17.3 Å². The van der Waals surface area contributed by atoms with Crippen LogP contribution in [0.5, 0.6) is 11.5 Å². The summed E-state index contributed by atoms with van der Waals surface area (Å²) in [5.74, 6) is 2.73. The quantitative estimate of drug-likeness (QED) is 0.173. The Morgan fingerprint density at radius 3 is 1.95 bits per heavy atom. The highest BCUT2D eigenvalue weighted by atomic mass is 16.6. The first-order valence-corrected chi connectivity index (χ1v) is 21.7. The van der Waals surface area contributed by atoms with Gasteiger partial charge in [-0.05, 0) is 116 Å². The van der Waals surface area contributed by atoms with Crippen molar-refractivity contribution in [3.8, 4) is 44.9 Å². The van der Waals surface area contributed by atoms with Crippen LogP contribution in [-0.4, -0.2) is 12.2 Å². The van der Waals surface area contributed by atoms with Gasteiger partial charge in [0.05, 0.1) is 16.8 Å². The third kappa shape index (κ3) is 4.75. The Bertz CT molecular complexity index is 3000. The van der Waals surface area contributed by atoms with Crippen LogP contribution >= 0.6 is 0 Å². The summed E-state index contributed by atoms with van der Waals surface area (Å²) < 4.78 is 14.6. The summed E-state index contributed by atoms with van der Waals surface area (Å²) in [5, 5.41) is 0. The molecule has 1 saturated carbocycles. The van der Waals surface area contributed by atoms with Crippen LogP contribution in [-0.2, 0) is 5.41 Å². The average Bonchev–Trinajstić information content (AvgIpc) is 3.75. The highest BCUT2D eigenvalue weighted by molar-refractivity contribution is 5.88. The standard InChI is InChI=1S/C58H43NO2/c1-57-33-15-14-29-47(57)54-44-35-52-53(36-48(44)58(56(54)57)45-27-11-8-25-42(45)43-26-9-12-28-46(43)58)61-55-50(31-17-32-51(55)60-52)59(40-23-16-22-39(34-40)37-18-4-2-5-19-37)49-30-13-10-24-41(49)38-20-6-3-7-21-38/h2-36,47,51,54-56H,1H3/t47?,51?,54?,55?,56?,57-/m1/s1. The molecule has 13 rings (SSSR count). The van der Waals surface area contributed by atoms with Crippen LogP contribution in [0.3, 0.4) is 0 Å². The summed E-state index contributed by atoms with van der Waals surface area (Å²) in [7, 11) is 0. The molecule has 6 atom stereocenters. The fourth-order valence-corrected chi connectivity index (χ4v) is 12.4. The maximum Gasteiger partial charge on any atom is 0.179 e. The molecule has 7 aromatic carbocycles. The number of hydrogen-bond donors (Lipinski definition) is 0. The van der Waals surface area contributed by atoms with Gasteiger partial charge < -0.3 is 14.4 Å². The summed E-state index contributed by atoms with van der Waals surface area (Å²) in [6, 6.07) is 61.9. The Balaban J connectivity index is 0.984. The van der Waals surface area contributed by atoms with Crippen molar-refractivity contribution in [3.05, 3.63) is 240 Å². The van der Waals surface area contributed by atoms with Crippen molar-refractivity contribution >= 4 is 11.4 Å². The zero-order valence-electron chi connectivity index (χ0n) is 33.9. The molecule has 0 bridgehead atoms. The number of para-hydroxylation sites is 1. The summed E-state index contributed by atoms with van der Waals surface area (Å²) in [4.78, 5) is 2.40. The van der Waals surface area contributed by atoms with E-state index in [1.54, 1.807) is 0 Å². The second kappa shape index (κ2) is 12.9. The van der Waals surface area contributed by atoms with Crippen LogP contribution < -0.4 is 14.4 Å². The summed E-state index contributed by atoms with van der Waals surface area (Å²) in [6.07, 6.45) is 15.3. The van der Waals surface area contributed by atoms with Gasteiger partial charge in [-0.1, -0.05) is 177 Å². The van der Waals surface area contributed by atoms with Crippen LogP contribution in [0.15, 0.2) is 218 Å². The number of benzene rings is 7. The van der Waals surface area contributed by atoms with E-state index in [4.69, 9.17) is 9.47 Å². The third-order valence-electron chi connectivity index (χ3n) is 14.8. The van der Waals surface area contributed by atoms with Gasteiger partial charge in [0.25, 0.3) is 0 Å². The SMILES string of the molecule is C[C@@]12C=CC=CC1C1c3cc4c(cc3C3(c5ccccc5-c5ccccc53)C12)OC1C(N(c2cccc(-c3ccccc3)c2)c2ccccc2-c2ccccc2)=CC=CC1O4. The van der Waals surface area contributed by atoms with Crippen molar-refractivity contribution in [1.82, 2.24) is 0 Å². The lowest BCUT2D eigenvalue weighted by atomic mass is 9.41. The second-order valence-electron chi connectivity index (χ2n) is 17.7. The van der Waals surface area contributed by atoms with E-state index in [-0.39, 0.29) is 16.9 Å². The molecule has 1 fully saturated rings. The fraction of sp³-hybridized carbons (Fsp3) is 0.138. The zero-order chi connectivity index (χ0) is 40.3. The minimum atomic E-state index is -0.414. The predicted octanol–water partition coefficient (Wildman–Crippen LogP) is 13.6. The van der Waals surface area contributed by atoms with E-state index in [1.807, 2.05) is 0 Å². The average molecular weight is 786 g/mol. The number of allylic oxidation sites excluding steroid dienone is 6. The predicted molar refractivity (Wildman–Crippen MR) is 246 cm³/mol. The lowest BCUT2D eigenvalue weighted by Crippen LogP contribution is -2.57. The number of hydrogen-bond acceptors (Lipinski definition) is 3. The van der Waals surface area contributed by atoms with E-state index >= 15 is 0 Å². The maximum absolute atomic E-state index is 7.46. The number of ether oxygens (including phenoxy) is 2. The van der Waals surface area contributed by atoms with Gasteiger partial charge in [0.1, 0.15) is 0 Å². The van der Waals surface area contributed by atoms with Gasteiger partial charge in [-0.15, -0.1) is 0 Å². The van der Waals surface area contributed by atoms with Crippen LogP contribution in [0.25, 0.3) is 33.4 Å². The molecule has 292 valence electrons. The molecule has 3 heteroatoms. The first kappa shape index (κ1) is 34.7. The maximum atomic E-state index is 7.46. The van der Waals surface area contributed by atoms with Crippen molar-refractivity contribution in [2.24, 2.45) is 17.3 Å². The van der Waals surface area contributed by atoms with Crippen molar-refractivity contribution < 1.29 is 9.47 Å². The summed E-state index contributed by atoms with van der Waals surface area (Å²) in [5.41, 5.74) is 15.7. The van der Waals surface area contributed by atoms with E-state index in [9.17, 15) is 0 Å². The molecule has 0 radical (unpaired) electrons. The number of fused-ring (bicyclic) bond motifs is 15. The second-order valence-corrected chi connectivity index (χ2v) is 17.7. The van der Waals surface area contributed by atoms with E-state index in [0.29, 0.717) is 17.8 Å². The smallest absolute Gasteiger partial charge is 0.179 e. The zero-order valence-corrected chi connectivity index (χ0v) is 33.9. The molecular formula is C58H43NO2. The van der Waals surface area contributed by atoms with E-state index < -0.39 is 6.10 Å². The van der Waals surface area contributed by atoms with Crippen molar-refractivity contribution in [2.75, 3.05) is 4.90 Å². The molecule has 1 spiro atoms. The largest absolute Gasteiger partial charge is 0.478 e. The molecule has 0 N–H and O–H groups in total. The molecule has 7 aromatic rings. The van der Waals surface area contributed by atoms with Gasteiger partial charge in [0.2, 0.25) is 0 Å². The van der Waals surface area contributed by atoms with Crippen LogP contribution in [0.1, 0.15) is 35.1 Å². The Morgan fingerprint density at radius 1 is 0.525 bits per heavy atom. The molecule has 0 saturated heterocycles. The topological polar surface area (TPSA) is 21.7 Å². The lowest BCUT2D eigenvalue weighted by Gasteiger charge is -2.61. The van der Waals surface area contributed by atoms with E-state index in [0.717, 1.165) is 45.3 Å². The minimum absolute atomic E-state index is 0.00121. The monoisotopic (exact) mass is 785 g/mol. The van der Waals surface area contributed by atoms with Crippen LogP contribution in [0.2, 0.25) is 0 Å².